The van der Waals surface area contributed by atoms with Crippen LogP contribution in [0.1, 0.15) is 53.9 Å². The molecule has 0 spiro atoms. The fraction of sp³-hybridized carbons (Fsp3) is 0.429. The molecule has 3 unspecified atom stereocenters. The van der Waals surface area contributed by atoms with Crippen molar-refractivity contribution in [2.45, 2.75) is 44.6 Å². The Morgan fingerprint density at radius 1 is 1.19 bits per heavy atom. The number of hydrogen-bond donors (Lipinski definition) is 1. The van der Waals surface area contributed by atoms with Crippen LogP contribution >= 0.6 is 11.3 Å². The summed E-state index contributed by atoms with van der Waals surface area (Å²) in [5, 5.41) is 11.6. The van der Waals surface area contributed by atoms with E-state index in [1.807, 2.05) is 10.9 Å². The van der Waals surface area contributed by atoms with Crippen molar-refractivity contribution in [3.05, 3.63) is 52.1 Å². The van der Waals surface area contributed by atoms with Gasteiger partial charge in [-0.3, -0.25) is 4.68 Å². The maximum Gasteiger partial charge on any atom is 0.0901 e. The summed E-state index contributed by atoms with van der Waals surface area (Å²) in [6.07, 6.45) is 7.15. The first-order valence-electron chi connectivity index (χ1n) is 9.51. The maximum absolute atomic E-state index is 4.69. The van der Waals surface area contributed by atoms with Gasteiger partial charge in [-0.2, -0.15) is 5.10 Å². The molecule has 5 rings (SSSR count). The van der Waals surface area contributed by atoms with Crippen LogP contribution in [0.2, 0.25) is 0 Å². The molecule has 1 fully saturated rings. The van der Waals surface area contributed by atoms with Crippen LogP contribution < -0.4 is 5.32 Å². The maximum atomic E-state index is 4.69. The van der Waals surface area contributed by atoms with E-state index in [9.17, 15) is 0 Å². The average molecular weight is 365 g/mol. The highest BCUT2D eigenvalue weighted by Gasteiger charge is 2.39. The van der Waals surface area contributed by atoms with Crippen molar-refractivity contribution in [3.8, 4) is 11.3 Å². The normalized spacial score (nSPS) is 24.6. The van der Waals surface area contributed by atoms with Gasteiger partial charge in [0.25, 0.3) is 0 Å². The molecule has 1 aromatic carbocycles. The Balaban J connectivity index is 1.58. The first-order valence-corrected chi connectivity index (χ1v) is 10.4. The first-order chi connectivity index (χ1) is 12.7. The number of aryl methyl sites for hydroxylation is 2. The van der Waals surface area contributed by atoms with E-state index in [0.29, 0.717) is 17.9 Å². The second-order valence-corrected chi connectivity index (χ2v) is 8.67. The number of fused-ring (bicyclic) bond motifs is 3. The van der Waals surface area contributed by atoms with E-state index in [2.05, 4.69) is 59.0 Å². The van der Waals surface area contributed by atoms with Gasteiger partial charge in [0.05, 0.1) is 22.4 Å². The number of anilines is 1. The summed E-state index contributed by atoms with van der Waals surface area (Å²) < 4.78 is 2.03. The van der Waals surface area contributed by atoms with Crippen molar-refractivity contribution in [1.29, 1.82) is 0 Å². The van der Waals surface area contributed by atoms with Crippen molar-refractivity contribution in [2.24, 2.45) is 13.0 Å². The lowest BCUT2D eigenvalue weighted by molar-refractivity contribution is 0.260. The first kappa shape index (κ1) is 16.1. The van der Waals surface area contributed by atoms with Crippen molar-refractivity contribution in [2.75, 3.05) is 5.32 Å². The molecule has 2 aliphatic rings. The fourth-order valence-corrected chi connectivity index (χ4v) is 5.48. The number of rotatable bonds is 2. The average Bonchev–Trinajstić information content (AvgIpc) is 3.29. The molecule has 1 aliphatic carbocycles. The van der Waals surface area contributed by atoms with Crippen LogP contribution in [0.5, 0.6) is 0 Å². The molecular weight excluding hydrogens is 340 g/mol. The van der Waals surface area contributed by atoms with E-state index in [1.54, 1.807) is 11.3 Å². The Bertz CT molecular complexity index is 941. The Kier molecular flexibility index (Phi) is 3.85. The summed E-state index contributed by atoms with van der Waals surface area (Å²) in [6.45, 7) is 2.07. The van der Waals surface area contributed by atoms with Gasteiger partial charge >= 0.3 is 0 Å². The van der Waals surface area contributed by atoms with Crippen LogP contribution in [0.3, 0.4) is 0 Å². The molecule has 134 valence electrons. The third-order valence-corrected chi connectivity index (χ3v) is 6.88. The largest absolute Gasteiger partial charge is 0.376 e. The molecule has 3 aromatic rings. The van der Waals surface area contributed by atoms with Gasteiger partial charge in [-0.25, -0.2) is 4.98 Å². The van der Waals surface area contributed by atoms with Crippen molar-refractivity contribution in [3.63, 3.8) is 0 Å². The summed E-state index contributed by atoms with van der Waals surface area (Å²) in [5.41, 5.74) is 6.42. The number of nitrogens with one attached hydrogen (secondary N) is 1. The van der Waals surface area contributed by atoms with Gasteiger partial charge in [-0.15, -0.1) is 11.3 Å². The number of thiazole rings is 1. The molecule has 4 nitrogen and oxygen atoms in total. The molecule has 0 saturated heterocycles. The third kappa shape index (κ3) is 2.57. The molecule has 1 aliphatic heterocycles. The molecule has 0 amide bonds. The zero-order valence-electron chi connectivity index (χ0n) is 15.3. The lowest BCUT2D eigenvalue weighted by Gasteiger charge is -2.43. The highest BCUT2D eigenvalue weighted by atomic mass is 32.1. The monoisotopic (exact) mass is 364 g/mol. The third-order valence-electron chi connectivity index (χ3n) is 6.10. The molecule has 5 heteroatoms. The number of benzene rings is 1. The predicted octanol–water partition coefficient (Wildman–Crippen LogP) is 5.29. The summed E-state index contributed by atoms with van der Waals surface area (Å²) in [7, 11) is 2.05. The zero-order chi connectivity index (χ0) is 17.7. The van der Waals surface area contributed by atoms with Crippen molar-refractivity contribution < 1.29 is 0 Å². The summed E-state index contributed by atoms with van der Waals surface area (Å²) in [4.78, 5) is 4.69. The van der Waals surface area contributed by atoms with Gasteiger partial charge in [0.1, 0.15) is 0 Å². The van der Waals surface area contributed by atoms with Gasteiger partial charge in [-0.1, -0.05) is 18.9 Å². The molecule has 1 saturated carbocycles. The summed E-state index contributed by atoms with van der Waals surface area (Å²) in [6, 6.07) is 9.38. The molecule has 0 radical (unpaired) electrons. The topological polar surface area (TPSA) is 42.7 Å². The minimum Gasteiger partial charge on any atom is -0.376 e. The highest BCUT2D eigenvalue weighted by molar-refractivity contribution is 7.09. The molecule has 3 heterocycles. The van der Waals surface area contributed by atoms with Crippen molar-refractivity contribution in [1.82, 2.24) is 14.8 Å². The predicted molar refractivity (Wildman–Crippen MR) is 107 cm³/mol. The minimum atomic E-state index is 0.354. The molecule has 2 aromatic heterocycles. The quantitative estimate of drug-likeness (QED) is 0.671. The molecule has 3 atom stereocenters. The SMILES string of the molecule is Cc1nc(-c2ccc3c(c2)C2CCCCC2C(c2ccnn2C)N3)cs1. The standard InChI is InChI=1S/C21H24N4S/c1-13-23-19(12-26-13)14-7-8-18-17(11-14)15-5-3-4-6-16(15)21(24-18)20-9-10-22-25(20)2/h7-12,15-16,21,24H,3-6H2,1-2H3. The van der Waals surface area contributed by atoms with E-state index in [1.165, 1.54) is 48.2 Å². The van der Waals surface area contributed by atoms with Gasteiger partial charge in [0.15, 0.2) is 0 Å². The zero-order valence-corrected chi connectivity index (χ0v) is 16.1. The van der Waals surface area contributed by atoms with E-state index >= 15 is 0 Å². The van der Waals surface area contributed by atoms with Gasteiger partial charge in [0, 0.05) is 29.9 Å². The van der Waals surface area contributed by atoms with Gasteiger partial charge in [-0.05, 0) is 55.4 Å². The van der Waals surface area contributed by atoms with E-state index in [-0.39, 0.29) is 0 Å². The van der Waals surface area contributed by atoms with Crippen LogP contribution in [-0.2, 0) is 7.05 Å². The van der Waals surface area contributed by atoms with Crippen LogP contribution in [0.25, 0.3) is 11.3 Å². The summed E-state index contributed by atoms with van der Waals surface area (Å²) >= 11 is 1.72. The highest BCUT2D eigenvalue weighted by Crippen LogP contribution is 2.51. The minimum absolute atomic E-state index is 0.354. The lowest BCUT2D eigenvalue weighted by atomic mass is 9.68. The van der Waals surface area contributed by atoms with Crippen LogP contribution in [-0.4, -0.2) is 14.8 Å². The Morgan fingerprint density at radius 2 is 2.08 bits per heavy atom. The number of aromatic nitrogens is 3. The second kappa shape index (κ2) is 6.23. The Labute approximate surface area is 158 Å². The van der Waals surface area contributed by atoms with E-state index in [4.69, 9.17) is 0 Å². The van der Waals surface area contributed by atoms with Gasteiger partial charge in [0.2, 0.25) is 0 Å². The van der Waals surface area contributed by atoms with Crippen LogP contribution in [0.4, 0.5) is 5.69 Å². The molecule has 26 heavy (non-hydrogen) atoms. The van der Waals surface area contributed by atoms with Crippen LogP contribution in [0.15, 0.2) is 35.8 Å². The lowest BCUT2D eigenvalue weighted by Crippen LogP contribution is -2.34. The van der Waals surface area contributed by atoms with E-state index in [0.717, 1.165) is 10.7 Å². The Morgan fingerprint density at radius 3 is 2.85 bits per heavy atom. The fourth-order valence-electron chi connectivity index (χ4n) is 4.86. The van der Waals surface area contributed by atoms with Crippen LogP contribution in [0, 0.1) is 12.8 Å². The molecular formula is C21H24N4S. The van der Waals surface area contributed by atoms with Gasteiger partial charge < -0.3 is 5.32 Å². The molecule has 1 N–H and O–H groups in total. The number of hydrogen-bond acceptors (Lipinski definition) is 4. The number of nitrogens with zero attached hydrogens (tertiary/aromatic N) is 3. The smallest absolute Gasteiger partial charge is 0.0901 e. The summed E-state index contributed by atoms with van der Waals surface area (Å²) in [5.74, 6) is 1.26. The molecule has 0 bridgehead atoms. The van der Waals surface area contributed by atoms with E-state index < -0.39 is 0 Å². The Hall–Kier alpha value is -2.14. The second-order valence-electron chi connectivity index (χ2n) is 7.61. The van der Waals surface area contributed by atoms with Crippen molar-refractivity contribution >= 4 is 17.0 Å².